The molecule has 0 bridgehead atoms. The molecule has 0 radical (unpaired) electrons. The lowest BCUT2D eigenvalue weighted by Gasteiger charge is -2.23. The Morgan fingerprint density at radius 1 is 0.951 bits per heavy atom. The number of benzene rings is 3. The number of ether oxygens (including phenoxy) is 3. The number of aromatic amines is 1. The molecule has 2 N–H and O–H groups in total. The maximum absolute atomic E-state index is 12.3. The van der Waals surface area contributed by atoms with Gasteiger partial charge in [-0.3, -0.25) is 4.79 Å². The minimum Gasteiger partial charge on any atom is -0.494 e. The van der Waals surface area contributed by atoms with Crippen molar-refractivity contribution in [3.8, 4) is 17.4 Å². The Morgan fingerprint density at radius 3 is 2.34 bits per heavy atom. The van der Waals surface area contributed by atoms with E-state index in [0.29, 0.717) is 70.2 Å². The van der Waals surface area contributed by atoms with Crippen molar-refractivity contribution in [2.45, 2.75) is 6.92 Å². The second-order valence-electron chi connectivity index (χ2n) is 9.91. The smallest absolute Gasteiger partial charge is 0.337 e. The minimum absolute atomic E-state index is 0.0462. The number of rotatable bonds is 8. The quantitative estimate of drug-likeness (QED) is 0.242. The van der Waals surface area contributed by atoms with Gasteiger partial charge >= 0.3 is 5.97 Å². The third kappa shape index (κ3) is 5.87. The molecule has 3 aromatic carbocycles. The maximum atomic E-state index is 12.3. The molecule has 1 amide bonds. The number of nitrogens with zero attached hydrogens (tertiary/aromatic N) is 3. The summed E-state index contributed by atoms with van der Waals surface area (Å²) in [5.74, 6) is 0.598. The summed E-state index contributed by atoms with van der Waals surface area (Å²) >= 11 is 0. The van der Waals surface area contributed by atoms with E-state index in [1.807, 2.05) is 61.5 Å². The van der Waals surface area contributed by atoms with Crippen LogP contribution in [0.25, 0.3) is 10.9 Å². The average molecular weight is 557 g/mol. The van der Waals surface area contributed by atoms with Crippen LogP contribution in [0.5, 0.6) is 17.4 Å². The predicted molar refractivity (Wildman–Crippen MR) is 157 cm³/mol. The number of H-pyrrole nitrogens is 1. The van der Waals surface area contributed by atoms with Crippen molar-refractivity contribution in [3.63, 3.8) is 0 Å². The van der Waals surface area contributed by atoms with E-state index in [0.717, 1.165) is 12.2 Å². The van der Waals surface area contributed by atoms with Crippen molar-refractivity contribution < 1.29 is 28.9 Å². The first-order valence-electron chi connectivity index (χ1n) is 13.2. The summed E-state index contributed by atoms with van der Waals surface area (Å²) in [6, 6.07) is 17.9. The Balaban J connectivity index is 1.61. The Morgan fingerprint density at radius 2 is 1.66 bits per heavy atom. The summed E-state index contributed by atoms with van der Waals surface area (Å²) < 4.78 is 16.4. The van der Waals surface area contributed by atoms with Crippen molar-refractivity contribution in [1.29, 1.82) is 0 Å². The van der Waals surface area contributed by atoms with Crippen molar-refractivity contribution in [2.24, 2.45) is 4.99 Å². The topological polar surface area (TPSA) is 117 Å². The van der Waals surface area contributed by atoms with Crippen LogP contribution >= 0.6 is 0 Å². The lowest BCUT2D eigenvalue weighted by atomic mass is 9.99. The van der Waals surface area contributed by atoms with E-state index in [2.05, 4.69) is 4.98 Å². The first kappa shape index (κ1) is 27.7. The lowest BCUT2D eigenvalue weighted by molar-refractivity contribution is -0.116. The number of hydrogen-bond acceptors (Lipinski definition) is 8. The lowest BCUT2D eigenvalue weighted by Crippen LogP contribution is -2.35. The van der Waals surface area contributed by atoms with Gasteiger partial charge in [-0.25, -0.2) is 9.79 Å². The van der Waals surface area contributed by atoms with Gasteiger partial charge in [-0.1, -0.05) is 6.07 Å². The van der Waals surface area contributed by atoms with E-state index in [1.165, 1.54) is 7.11 Å². The maximum Gasteiger partial charge on any atom is 0.337 e. The molecule has 0 atom stereocenters. The number of hydrogen-bond donors (Lipinski definition) is 2. The van der Waals surface area contributed by atoms with E-state index in [9.17, 15) is 14.7 Å². The molecule has 0 saturated carbocycles. The molecule has 212 valence electrons. The van der Waals surface area contributed by atoms with Crippen LogP contribution in [-0.2, 0) is 9.53 Å². The summed E-state index contributed by atoms with van der Waals surface area (Å²) in [5, 5.41) is 11.8. The number of nitrogens with one attached hydrogen (secondary N) is 1. The van der Waals surface area contributed by atoms with Crippen LogP contribution < -0.4 is 14.4 Å². The fraction of sp³-hybridized carbons (Fsp3) is 0.258. The molecule has 2 heterocycles. The number of aliphatic imine (C=N–C) groups is 1. The fourth-order valence-corrected chi connectivity index (χ4v) is 4.73. The summed E-state index contributed by atoms with van der Waals surface area (Å²) in [4.78, 5) is 36.1. The first-order valence-corrected chi connectivity index (χ1v) is 13.2. The number of carbonyl (C=O) groups is 2. The highest BCUT2D eigenvalue weighted by Crippen LogP contribution is 2.36. The molecule has 41 heavy (non-hydrogen) atoms. The van der Waals surface area contributed by atoms with Crippen molar-refractivity contribution in [3.05, 3.63) is 77.4 Å². The van der Waals surface area contributed by atoms with Crippen LogP contribution in [0.1, 0.15) is 28.4 Å². The number of aromatic hydroxyl groups is 1. The number of amides is 1. The zero-order valence-electron chi connectivity index (χ0n) is 23.4. The van der Waals surface area contributed by atoms with Gasteiger partial charge in [0.25, 0.3) is 0 Å². The molecule has 10 nitrogen and oxygen atoms in total. The van der Waals surface area contributed by atoms with Gasteiger partial charge in [0.15, 0.2) is 17.4 Å². The average Bonchev–Trinajstić information content (AvgIpc) is 3.30. The van der Waals surface area contributed by atoms with Gasteiger partial charge in [-0.15, -0.1) is 0 Å². The van der Waals surface area contributed by atoms with E-state index in [-0.39, 0.29) is 11.8 Å². The molecular weight excluding hydrogens is 524 g/mol. The number of anilines is 1. The second-order valence-corrected chi connectivity index (χ2v) is 9.91. The van der Waals surface area contributed by atoms with Crippen LogP contribution in [0.4, 0.5) is 11.4 Å². The fourth-order valence-electron chi connectivity index (χ4n) is 4.73. The van der Waals surface area contributed by atoms with Gasteiger partial charge < -0.3 is 34.1 Å². The van der Waals surface area contributed by atoms with Crippen molar-refractivity contribution in [1.82, 2.24) is 9.88 Å². The Kier molecular flexibility index (Phi) is 7.93. The van der Waals surface area contributed by atoms with Gasteiger partial charge in [0.1, 0.15) is 13.2 Å². The van der Waals surface area contributed by atoms with Crippen molar-refractivity contribution in [2.75, 3.05) is 52.4 Å². The Labute approximate surface area is 237 Å². The molecular formula is C31H32N4O6. The molecule has 10 heteroatoms. The van der Waals surface area contributed by atoms with Gasteiger partial charge in [0.2, 0.25) is 5.91 Å². The van der Waals surface area contributed by atoms with E-state index in [1.54, 1.807) is 30.0 Å². The predicted octanol–water partition coefficient (Wildman–Crippen LogP) is 4.51. The molecule has 1 aliphatic rings. The summed E-state index contributed by atoms with van der Waals surface area (Å²) in [5.41, 5.74) is 3.94. The van der Waals surface area contributed by atoms with Gasteiger partial charge in [0, 0.05) is 42.2 Å². The zero-order chi connectivity index (χ0) is 29.1. The van der Waals surface area contributed by atoms with E-state index >= 15 is 0 Å². The second kappa shape index (κ2) is 11.7. The molecule has 0 spiro atoms. The van der Waals surface area contributed by atoms with Gasteiger partial charge in [-0.2, -0.15) is 0 Å². The Bertz CT molecular complexity index is 1620. The SMILES string of the molecule is COC(=O)c1ccc2c(C(=Nc3ccc(N(CCN(C)C)C(C)=O)cc3)c3ccc4c(c3)OCCO4)c(O)[nH]c2c1. The molecule has 4 aromatic rings. The zero-order valence-corrected chi connectivity index (χ0v) is 23.4. The molecule has 0 saturated heterocycles. The number of aromatic nitrogens is 1. The first-order chi connectivity index (χ1) is 19.7. The van der Waals surface area contributed by atoms with E-state index in [4.69, 9.17) is 19.2 Å². The third-order valence-corrected chi connectivity index (χ3v) is 6.81. The summed E-state index contributed by atoms with van der Waals surface area (Å²) in [6.07, 6.45) is 0. The number of esters is 1. The summed E-state index contributed by atoms with van der Waals surface area (Å²) in [7, 11) is 5.25. The number of fused-ring (bicyclic) bond motifs is 2. The van der Waals surface area contributed by atoms with Crippen LogP contribution in [0.15, 0.2) is 65.7 Å². The van der Waals surface area contributed by atoms with Gasteiger partial charge in [-0.05, 0) is 68.7 Å². The highest BCUT2D eigenvalue weighted by molar-refractivity contribution is 6.22. The monoisotopic (exact) mass is 556 g/mol. The minimum atomic E-state index is -0.478. The van der Waals surface area contributed by atoms with E-state index < -0.39 is 5.97 Å². The molecule has 0 aliphatic carbocycles. The van der Waals surface area contributed by atoms with Gasteiger partial charge in [0.05, 0.1) is 29.6 Å². The molecule has 1 aromatic heterocycles. The third-order valence-electron chi connectivity index (χ3n) is 6.81. The highest BCUT2D eigenvalue weighted by Gasteiger charge is 2.22. The highest BCUT2D eigenvalue weighted by atomic mass is 16.6. The largest absolute Gasteiger partial charge is 0.494 e. The molecule has 0 unspecified atom stereocenters. The molecule has 0 fully saturated rings. The number of likely N-dealkylation sites (N-methyl/N-ethyl adjacent to an activating group) is 1. The molecule has 1 aliphatic heterocycles. The number of methoxy groups -OCH3 is 1. The van der Waals surface area contributed by atoms with Crippen LogP contribution in [-0.4, -0.2) is 80.1 Å². The standard InChI is InChI=1S/C31H32N4O6/c1-19(36)35(14-13-34(2)3)23-9-7-22(8-10-23)32-29(20-6-12-26-27(18-20)41-16-15-40-26)28-24-11-5-21(31(38)39-4)17-25(24)33-30(28)37/h5-12,17-18,33,37H,13-16H2,1-4H3. The normalized spacial score (nSPS) is 13.0. The molecule has 5 rings (SSSR count). The summed E-state index contributed by atoms with van der Waals surface area (Å²) in [6.45, 7) is 3.74. The number of carbonyl (C=O) groups excluding carboxylic acids is 2. The van der Waals surface area contributed by atoms with Crippen molar-refractivity contribution >= 4 is 39.9 Å². The Hall–Kier alpha value is -4.83. The van der Waals surface area contributed by atoms with Crippen LogP contribution in [0.2, 0.25) is 0 Å². The van der Waals surface area contributed by atoms with Crippen LogP contribution in [0, 0.1) is 0 Å². The van der Waals surface area contributed by atoms with Crippen LogP contribution in [0.3, 0.4) is 0 Å².